The number of nitrogens with one attached hydrogen (secondary N) is 1. The highest BCUT2D eigenvalue weighted by atomic mass is 19.1. The molecule has 9 heteroatoms. The molecule has 8 nitrogen and oxygen atoms in total. The van der Waals surface area contributed by atoms with Crippen molar-refractivity contribution in [1.29, 1.82) is 0 Å². The van der Waals surface area contributed by atoms with Crippen LogP contribution in [0.2, 0.25) is 0 Å². The Morgan fingerprint density at radius 1 is 1.22 bits per heavy atom. The van der Waals surface area contributed by atoms with E-state index in [9.17, 15) is 14.0 Å². The number of morpholine rings is 1. The fourth-order valence-electron chi connectivity index (χ4n) is 3.57. The van der Waals surface area contributed by atoms with Gasteiger partial charge in [0, 0.05) is 12.5 Å². The van der Waals surface area contributed by atoms with Gasteiger partial charge in [0.2, 0.25) is 5.91 Å². The van der Waals surface area contributed by atoms with Crippen LogP contribution < -0.4 is 10.2 Å². The maximum Gasteiger partial charge on any atom is 0.414 e. The zero-order chi connectivity index (χ0) is 22.5. The van der Waals surface area contributed by atoms with Gasteiger partial charge in [-0.3, -0.25) is 14.7 Å². The van der Waals surface area contributed by atoms with Gasteiger partial charge in [-0.2, -0.15) is 5.10 Å². The predicted octanol–water partition coefficient (Wildman–Crippen LogP) is 2.62. The number of amides is 2. The summed E-state index contributed by atoms with van der Waals surface area (Å²) in [6, 6.07) is 12.1. The molecule has 2 amide bonds. The third-order valence-electron chi connectivity index (χ3n) is 5.30. The summed E-state index contributed by atoms with van der Waals surface area (Å²) in [5.41, 5.74) is 2.50. The molecule has 0 spiro atoms. The second-order valence-electron chi connectivity index (χ2n) is 7.65. The third-order valence-corrected chi connectivity index (χ3v) is 5.30. The van der Waals surface area contributed by atoms with Gasteiger partial charge in [0.1, 0.15) is 11.9 Å². The van der Waals surface area contributed by atoms with E-state index in [4.69, 9.17) is 9.47 Å². The molecule has 0 aliphatic carbocycles. The van der Waals surface area contributed by atoms with Gasteiger partial charge < -0.3 is 14.8 Å². The van der Waals surface area contributed by atoms with E-state index in [-0.39, 0.29) is 19.0 Å². The molecule has 2 aromatic rings. The molecular formula is C23H25FN4O4. The summed E-state index contributed by atoms with van der Waals surface area (Å²) in [6.45, 7) is 4.75. The van der Waals surface area contributed by atoms with Gasteiger partial charge >= 0.3 is 6.09 Å². The summed E-state index contributed by atoms with van der Waals surface area (Å²) in [4.78, 5) is 24.6. The van der Waals surface area contributed by atoms with Gasteiger partial charge in [-0.1, -0.05) is 24.3 Å². The number of ether oxygens (including phenoxy) is 2. The fraction of sp³-hybridized carbons (Fsp3) is 0.348. The lowest BCUT2D eigenvalue weighted by atomic mass is 10.0. The molecule has 32 heavy (non-hydrogen) atoms. The van der Waals surface area contributed by atoms with E-state index in [2.05, 4.69) is 10.4 Å². The van der Waals surface area contributed by atoms with Gasteiger partial charge in [-0.15, -0.1) is 0 Å². The summed E-state index contributed by atoms with van der Waals surface area (Å²) in [5.74, 6) is -0.636. The Morgan fingerprint density at radius 3 is 2.66 bits per heavy atom. The number of hydrogen-bond acceptors (Lipinski definition) is 6. The number of benzene rings is 2. The predicted molar refractivity (Wildman–Crippen MR) is 118 cm³/mol. The van der Waals surface area contributed by atoms with E-state index in [1.54, 1.807) is 18.3 Å². The average molecular weight is 440 g/mol. The molecule has 168 valence electrons. The van der Waals surface area contributed by atoms with Crippen LogP contribution in [-0.2, 0) is 14.3 Å². The van der Waals surface area contributed by atoms with Crippen molar-refractivity contribution in [3.8, 4) is 11.1 Å². The highest BCUT2D eigenvalue weighted by Gasteiger charge is 2.32. The van der Waals surface area contributed by atoms with Crippen LogP contribution in [0.25, 0.3) is 11.1 Å². The maximum atomic E-state index is 14.9. The van der Waals surface area contributed by atoms with Crippen molar-refractivity contribution >= 4 is 23.9 Å². The number of nitrogens with zero attached hydrogens (tertiary/aromatic N) is 3. The molecule has 0 aromatic heterocycles. The first-order valence-corrected chi connectivity index (χ1v) is 10.5. The van der Waals surface area contributed by atoms with Gasteiger partial charge in [-0.05, 0) is 29.3 Å². The smallest absolute Gasteiger partial charge is 0.414 e. The van der Waals surface area contributed by atoms with E-state index in [1.165, 1.54) is 17.9 Å². The minimum atomic E-state index is -0.559. The fourth-order valence-corrected chi connectivity index (χ4v) is 3.57. The Kier molecular flexibility index (Phi) is 6.65. The Balaban J connectivity index is 1.42. The number of rotatable bonds is 6. The van der Waals surface area contributed by atoms with Crippen LogP contribution in [0.15, 0.2) is 47.6 Å². The number of carbonyl (C=O) groups excluding carboxylic acids is 2. The average Bonchev–Trinajstić information content (AvgIpc) is 3.18. The monoisotopic (exact) mass is 440 g/mol. The number of hydrazone groups is 1. The first kappa shape index (κ1) is 21.8. The molecule has 2 aliphatic heterocycles. The highest BCUT2D eigenvalue weighted by Crippen LogP contribution is 2.29. The topological polar surface area (TPSA) is 83.5 Å². The van der Waals surface area contributed by atoms with Gasteiger partial charge in [-0.25, -0.2) is 9.18 Å². The lowest BCUT2D eigenvalue weighted by molar-refractivity contribution is -0.119. The Labute approximate surface area is 185 Å². The SMILES string of the molecule is CC(=O)NC[C@H]1CN(c2ccc(-c3ccc(/C=N/N4CCOCC4)cc3)c(F)c2)C(=O)O1. The second kappa shape index (κ2) is 9.78. The van der Waals surface area contributed by atoms with Crippen LogP contribution in [0.5, 0.6) is 0 Å². The molecule has 0 unspecified atom stereocenters. The Morgan fingerprint density at radius 2 is 1.97 bits per heavy atom. The third kappa shape index (κ3) is 5.23. The highest BCUT2D eigenvalue weighted by molar-refractivity contribution is 5.90. The minimum Gasteiger partial charge on any atom is -0.442 e. The number of cyclic esters (lactones) is 1. The summed E-state index contributed by atoms with van der Waals surface area (Å²) in [6.07, 6.45) is 0.752. The summed E-state index contributed by atoms with van der Waals surface area (Å²) in [7, 11) is 0. The van der Waals surface area contributed by atoms with E-state index >= 15 is 0 Å². The van der Waals surface area contributed by atoms with Gasteiger partial charge in [0.25, 0.3) is 0 Å². The normalized spacial score (nSPS) is 18.8. The van der Waals surface area contributed by atoms with Crippen LogP contribution >= 0.6 is 0 Å². The van der Waals surface area contributed by atoms with Crippen molar-refractivity contribution in [2.24, 2.45) is 5.10 Å². The van der Waals surface area contributed by atoms with Gasteiger partial charge in [0.05, 0.1) is 51.3 Å². The number of anilines is 1. The number of hydrogen-bond donors (Lipinski definition) is 1. The molecule has 2 aromatic carbocycles. The van der Waals surface area contributed by atoms with Crippen molar-refractivity contribution < 1.29 is 23.5 Å². The number of halogens is 1. The molecule has 2 aliphatic rings. The maximum absolute atomic E-state index is 14.9. The van der Waals surface area contributed by atoms with Gasteiger partial charge in [0.15, 0.2) is 0 Å². The van der Waals surface area contributed by atoms with E-state index in [0.717, 1.165) is 24.2 Å². The Hall–Kier alpha value is -3.46. The molecule has 0 radical (unpaired) electrons. The second-order valence-corrected chi connectivity index (χ2v) is 7.65. The molecule has 2 heterocycles. The van der Waals surface area contributed by atoms with Crippen molar-refractivity contribution in [3.63, 3.8) is 0 Å². The van der Waals surface area contributed by atoms with Crippen molar-refractivity contribution in [3.05, 3.63) is 53.8 Å². The molecule has 2 saturated heterocycles. The summed E-state index contributed by atoms with van der Waals surface area (Å²) < 4.78 is 25.4. The zero-order valence-corrected chi connectivity index (χ0v) is 17.8. The molecular weight excluding hydrogens is 415 g/mol. The lowest BCUT2D eigenvalue weighted by Crippen LogP contribution is -2.33. The van der Waals surface area contributed by atoms with E-state index in [0.29, 0.717) is 24.5 Å². The van der Waals surface area contributed by atoms with Crippen LogP contribution in [-0.4, -0.2) is 68.7 Å². The van der Waals surface area contributed by atoms with E-state index < -0.39 is 18.0 Å². The molecule has 4 rings (SSSR count). The van der Waals surface area contributed by atoms with Crippen LogP contribution in [0.1, 0.15) is 12.5 Å². The minimum absolute atomic E-state index is 0.201. The van der Waals surface area contributed by atoms with Crippen LogP contribution in [0.3, 0.4) is 0 Å². The lowest BCUT2D eigenvalue weighted by Gasteiger charge is -2.23. The standard InChI is InChI=1S/C23H25FN4O4/c1-16(29)25-14-20-15-28(23(30)32-20)19-6-7-21(22(24)12-19)18-4-2-17(3-5-18)13-26-27-8-10-31-11-9-27/h2-7,12-13,20H,8-11,14-15H2,1H3,(H,25,29)/b26-13+/t20-/m0/s1. The largest absolute Gasteiger partial charge is 0.442 e. The van der Waals surface area contributed by atoms with Crippen molar-refractivity contribution in [2.45, 2.75) is 13.0 Å². The zero-order valence-electron chi connectivity index (χ0n) is 17.8. The molecule has 1 atom stereocenters. The molecule has 0 bridgehead atoms. The Bertz CT molecular complexity index is 1010. The summed E-state index contributed by atoms with van der Waals surface area (Å²) in [5, 5.41) is 9.02. The first-order chi connectivity index (χ1) is 15.5. The van der Waals surface area contributed by atoms with E-state index in [1.807, 2.05) is 29.3 Å². The van der Waals surface area contributed by atoms with Crippen molar-refractivity contribution in [2.75, 3.05) is 44.3 Å². The molecule has 2 fully saturated rings. The summed E-state index contributed by atoms with van der Waals surface area (Å²) >= 11 is 0. The number of carbonyl (C=O) groups is 2. The quantitative estimate of drug-likeness (QED) is 0.699. The molecule has 0 saturated carbocycles. The van der Waals surface area contributed by atoms with Crippen LogP contribution in [0, 0.1) is 5.82 Å². The first-order valence-electron chi connectivity index (χ1n) is 10.5. The van der Waals surface area contributed by atoms with Crippen molar-refractivity contribution in [1.82, 2.24) is 10.3 Å². The molecule has 1 N–H and O–H groups in total. The van der Waals surface area contributed by atoms with Crippen LogP contribution in [0.4, 0.5) is 14.9 Å².